The topological polar surface area (TPSA) is 69.0 Å². The van der Waals surface area contributed by atoms with Crippen molar-refractivity contribution in [1.82, 2.24) is 14.8 Å². The number of hydrogen-bond acceptors (Lipinski definition) is 5. The van der Waals surface area contributed by atoms with Crippen LogP contribution in [-0.2, 0) is 11.3 Å². The van der Waals surface area contributed by atoms with E-state index in [-0.39, 0.29) is 5.91 Å². The van der Waals surface area contributed by atoms with Crippen molar-refractivity contribution in [2.75, 3.05) is 12.4 Å². The molecule has 0 spiro atoms. The Kier molecular flexibility index (Phi) is 6.87. The minimum Gasteiger partial charge on any atom is -0.497 e. The van der Waals surface area contributed by atoms with Gasteiger partial charge in [0.25, 0.3) is 0 Å². The second kappa shape index (κ2) is 10.2. The number of amides is 1. The highest BCUT2D eigenvalue weighted by molar-refractivity contribution is 8.00. The third-order valence-corrected chi connectivity index (χ3v) is 6.20. The molecule has 1 atom stereocenters. The van der Waals surface area contributed by atoms with Gasteiger partial charge in [-0.2, -0.15) is 0 Å². The smallest absolute Gasteiger partial charge is 0.242 e. The monoisotopic (exact) mass is 444 g/mol. The molecule has 1 N–H and O–H groups in total. The fourth-order valence-electron chi connectivity index (χ4n) is 3.38. The Morgan fingerprint density at radius 2 is 1.72 bits per heavy atom. The first-order chi connectivity index (χ1) is 15.7. The molecule has 0 aliphatic heterocycles. The van der Waals surface area contributed by atoms with Crippen molar-refractivity contribution in [2.45, 2.75) is 23.9 Å². The van der Waals surface area contributed by atoms with Gasteiger partial charge in [-0.1, -0.05) is 78.5 Å². The summed E-state index contributed by atoms with van der Waals surface area (Å²) in [5.41, 5.74) is 2.56. The molecule has 6 nitrogen and oxygen atoms in total. The van der Waals surface area contributed by atoms with Crippen LogP contribution in [0.15, 0.2) is 90.1 Å². The summed E-state index contributed by atoms with van der Waals surface area (Å²) in [5, 5.41) is 12.0. The molecule has 32 heavy (non-hydrogen) atoms. The Morgan fingerprint density at radius 1 is 1.00 bits per heavy atom. The summed E-state index contributed by atoms with van der Waals surface area (Å²) < 4.78 is 7.31. The maximum Gasteiger partial charge on any atom is 0.242 e. The summed E-state index contributed by atoms with van der Waals surface area (Å²) >= 11 is 1.39. The van der Waals surface area contributed by atoms with Gasteiger partial charge in [0.1, 0.15) is 11.0 Å². The minimum atomic E-state index is -0.500. The number of carbonyl (C=O) groups excluding carboxylic acids is 1. The van der Waals surface area contributed by atoms with E-state index in [4.69, 9.17) is 4.74 Å². The third kappa shape index (κ3) is 4.84. The van der Waals surface area contributed by atoms with Crippen molar-refractivity contribution in [2.24, 2.45) is 0 Å². The molecule has 4 rings (SSSR count). The van der Waals surface area contributed by atoms with Crippen molar-refractivity contribution in [3.05, 3.63) is 90.5 Å². The van der Waals surface area contributed by atoms with Gasteiger partial charge in [-0.05, 0) is 24.6 Å². The SMILES string of the molecule is CCn1c(S[C@H](C(=O)Nc2cccc(OC)c2)c2ccccc2)nnc1-c1ccccc1. The Morgan fingerprint density at radius 3 is 2.41 bits per heavy atom. The van der Waals surface area contributed by atoms with Crippen molar-refractivity contribution in [1.29, 1.82) is 0 Å². The highest BCUT2D eigenvalue weighted by atomic mass is 32.2. The van der Waals surface area contributed by atoms with Crippen LogP contribution in [0.2, 0.25) is 0 Å². The molecule has 1 aromatic heterocycles. The molecular formula is C25H24N4O2S. The summed E-state index contributed by atoms with van der Waals surface area (Å²) in [5.74, 6) is 1.34. The second-order valence-corrected chi connectivity index (χ2v) is 8.12. The van der Waals surface area contributed by atoms with Gasteiger partial charge in [-0.25, -0.2) is 0 Å². The Labute approximate surface area is 191 Å². The maximum absolute atomic E-state index is 13.4. The zero-order valence-electron chi connectivity index (χ0n) is 17.9. The van der Waals surface area contributed by atoms with E-state index in [1.54, 1.807) is 13.2 Å². The van der Waals surface area contributed by atoms with Crippen LogP contribution in [0, 0.1) is 0 Å². The molecule has 3 aromatic carbocycles. The predicted molar refractivity (Wildman–Crippen MR) is 128 cm³/mol. The second-order valence-electron chi connectivity index (χ2n) is 7.05. The van der Waals surface area contributed by atoms with Crippen LogP contribution in [0.1, 0.15) is 17.7 Å². The molecule has 0 aliphatic rings. The number of rotatable bonds is 8. The number of benzene rings is 3. The molecule has 1 heterocycles. The lowest BCUT2D eigenvalue weighted by Crippen LogP contribution is -2.19. The van der Waals surface area contributed by atoms with Crippen molar-refractivity contribution < 1.29 is 9.53 Å². The fourth-order valence-corrected chi connectivity index (χ4v) is 4.48. The lowest BCUT2D eigenvalue weighted by molar-refractivity contribution is -0.115. The Bertz CT molecular complexity index is 1180. The van der Waals surface area contributed by atoms with E-state index in [1.165, 1.54) is 11.8 Å². The number of aromatic nitrogens is 3. The van der Waals surface area contributed by atoms with Crippen molar-refractivity contribution >= 4 is 23.4 Å². The van der Waals surface area contributed by atoms with E-state index in [0.29, 0.717) is 23.1 Å². The first-order valence-electron chi connectivity index (χ1n) is 10.3. The van der Waals surface area contributed by atoms with E-state index in [1.807, 2.05) is 90.4 Å². The fraction of sp³-hybridized carbons (Fsp3) is 0.160. The molecule has 0 aliphatic carbocycles. The van der Waals surface area contributed by atoms with E-state index < -0.39 is 5.25 Å². The first kappa shape index (κ1) is 21.6. The zero-order valence-corrected chi connectivity index (χ0v) is 18.8. The van der Waals surface area contributed by atoms with Crippen LogP contribution < -0.4 is 10.1 Å². The number of methoxy groups -OCH3 is 1. The number of carbonyl (C=O) groups is 1. The maximum atomic E-state index is 13.4. The van der Waals surface area contributed by atoms with Crippen LogP contribution in [0.3, 0.4) is 0 Å². The summed E-state index contributed by atoms with van der Waals surface area (Å²) in [6.07, 6.45) is 0. The summed E-state index contributed by atoms with van der Waals surface area (Å²) in [7, 11) is 1.60. The van der Waals surface area contributed by atoms with Gasteiger partial charge in [0.05, 0.1) is 7.11 Å². The summed E-state index contributed by atoms with van der Waals surface area (Å²) in [6.45, 7) is 2.74. The quantitative estimate of drug-likeness (QED) is 0.366. The normalized spacial score (nSPS) is 11.7. The molecule has 0 unspecified atom stereocenters. The predicted octanol–water partition coefficient (Wildman–Crippen LogP) is 5.45. The molecule has 0 fully saturated rings. The van der Waals surface area contributed by atoms with Crippen molar-refractivity contribution in [3.8, 4) is 17.1 Å². The molecule has 0 bridgehead atoms. The lowest BCUT2D eigenvalue weighted by Gasteiger charge is -2.17. The van der Waals surface area contributed by atoms with E-state index >= 15 is 0 Å². The largest absolute Gasteiger partial charge is 0.497 e. The average Bonchev–Trinajstić information content (AvgIpc) is 3.26. The summed E-state index contributed by atoms with van der Waals surface area (Å²) in [6, 6.07) is 27.0. The van der Waals surface area contributed by atoms with E-state index in [9.17, 15) is 4.79 Å². The van der Waals surface area contributed by atoms with Gasteiger partial charge in [0.15, 0.2) is 11.0 Å². The van der Waals surface area contributed by atoms with Crippen LogP contribution in [0.5, 0.6) is 5.75 Å². The number of anilines is 1. The number of thioether (sulfide) groups is 1. The highest BCUT2D eigenvalue weighted by Gasteiger charge is 2.26. The molecule has 0 saturated carbocycles. The number of nitrogens with one attached hydrogen (secondary N) is 1. The lowest BCUT2D eigenvalue weighted by atomic mass is 10.1. The standard InChI is InChI=1S/C25H24N4O2S/c1-3-29-23(19-13-8-5-9-14-19)27-28-25(29)32-22(18-11-6-4-7-12-18)24(30)26-20-15-10-16-21(17-20)31-2/h4-17,22H,3H2,1-2H3,(H,26,30)/t22-/m0/s1. The van der Waals surface area contributed by atoms with E-state index in [0.717, 1.165) is 17.0 Å². The molecule has 1 amide bonds. The van der Waals surface area contributed by atoms with Gasteiger partial charge in [0, 0.05) is 23.9 Å². The third-order valence-electron chi connectivity index (χ3n) is 4.97. The molecule has 0 saturated heterocycles. The highest BCUT2D eigenvalue weighted by Crippen LogP contribution is 2.37. The van der Waals surface area contributed by atoms with Gasteiger partial charge in [-0.3, -0.25) is 4.79 Å². The molecule has 7 heteroatoms. The number of ether oxygens (including phenoxy) is 1. The van der Waals surface area contributed by atoms with Gasteiger partial charge in [0.2, 0.25) is 5.91 Å². The Balaban J connectivity index is 1.65. The number of hydrogen-bond donors (Lipinski definition) is 1. The Hall–Kier alpha value is -3.58. The average molecular weight is 445 g/mol. The molecule has 0 radical (unpaired) electrons. The van der Waals surface area contributed by atoms with Crippen LogP contribution in [0.25, 0.3) is 11.4 Å². The van der Waals surface area contributed by atoms with Gasteiger partial charge < -0.3 is 14.6 Å². The van der Waals surface area contributed by atoms with Gasteiger partial charge >= 0.3 is 0 Å². The van der Waals surface area contributed by atoms with Gasteiger partial charge in [-0.15, -0.1) is 10.2 Å². The zero-order chi connectivity index (χ0) is 22.3. The van der Waals surface area contributed by atoms with Crippen molar-refractivity contribution in [3.63, 3.8) is 0 Å². The molecular weight excluding hydrogens is 420 g/mol. The van der Waals surface area contributed by atoms with Crippen LogP contribution in [-0.4, -0.2) is 27.8 Å². The number of nitrogens with zero attached hydrogens (tertiary/aromatic N) is 3. The first-order valence-corrected chi connectivity index (χ1v) is 11.2. The molecule has 4 aromatic rings. The van der Waals surface area contributed by atoms with Crippen LogP contribution >= 0.6 is 11.8 Å². The minimum absolute atomic E-state index is 0.138. The molecule has 162 valence electrons. The van der Waals surface area contributed by atoms with E-state index in [2.05, 4.69) is 15.5 Å². The summed E-state index contributed by atoms with van der Waals surface area (Å²) in [4.78, 5) is 13.4. The van der Waals surface area contributed by atoms with Crippen LogP contribution in [0.4, 0.5) is 5.69 Å².